The van der Waals surface area contributed by atoms with Gasteiger partial charge in [-0.05, 0) is 12.8 Å². The highest BCUT2D eigenvalue weighted by Crippen LogP contribution is 2.32. The predicted octanol–water partition coefficient (Wildman–Crippen LogP) is 0.912. The molecule has 0 aliphatic heterocycles. The molecule has 0 aromatic heterocycles. The van der Waals surface area contributed by atoms with E-state index in [1.165, 1.54) is 0 Å². The first-order valence-electron chi connectivity index (χ1n) is 5.40. The van der Waals surface area contributed by atoms with Gasteiger partial charge in [0.15, 0.2) is 0 Å². The number of carbonyl (C=O) groups is 2. The molecular formula is C11H17O3-. The number of carbonyl (C=O) groups excluding carboxylic acids is 2. The molecule has 1 aliphatic carbocycles. The number of hydrogen-bond acceptors (Lipinski definition) is 3. The molecule has 1 rings (SSSR count). The van der Waals surface area contributed by atoms with Crippen molar-refractivity contribution in [3.05, 3.63) is 0 Å². The summed E-state index contributed by atoms with van der Waals surface area (Å²) in [6.07, 6.45) is 4.76. The maximum absolute atomic E-state index is 11.4. The normalized spacial score (nSPS) is 26.8. The van der Waals surface area contributed by atoms with E-state index in [2.05, 4.69) is 6.92 Å². The number of rotatable bonds is 5. The van der Waals surface area contributed by atoms with E-state index in [9.17, 15) is 14.7 Å². The molecule has 0 spiro atoms. The van der Waals surface area contributed by atoms with Gasteiger partial charge in [-0.3, -0.25) is 4.79 Å². The summed E-state index contributed by atoms with van der Waals surface area (Å²) in [7, 11) is 0. The Morgan fingerprint density at radius 2 is 2.21 bits per heavy atom. The first-order chi connectivity index (χ1) is 6.66. The fourth-order valence-corrected chi connectivity index (χ4v) is 2.17. The summed E-state index contributed by atoms with van der Waals surface area (Å²) in [6.45, 7) is 2.09. The third kappa shape index (κ3) is 2.56. The Kier molecular flexibility index (Phi) is 4.11. The summed E-state index contributed by atoms with van der Waals surface area (Å²) < 4.78 is 0. The highest BCUT2D eigenvalue weighted by Gasteiger charge is 2.34. The zero-order valence-electron chi connectivity index (χ0n) is 8.62. The first kappa shape index (κ1) is 11.2. The Morgan fingerprint density at radius 1 is 1.50 bits per heavy atom. The molecule has 80 valence electrons. The molecule has 0 N–H and O–H groups in total. The van der Waals surface area contributed by atoms with Gasteiger partial charge >= 0.3 is 0 Å². The molecule has 0 aromatic carbocycles. The fraction of sp³-hybridized carbons (Fsp3) is 0.818. The minimum Gasteiger partial charge on any atom is -0.550 e. The van der Waals surface area contributed by atoms with Crippen molar-refractivity contribution in [2.24, 2.45) is 11.8 Å². The van der Waals surface area contributed by atoms with Crippen LogP contribution in [0.25, 0.3) is 0 Å². The maximum Gasteiger partial charge on any atom is 0.136 e. The van der Waals surface area contributed by atoms with Gasteiger partial charge < -0.3 is 9.90 Å². The van der Waals surface area contributed by atoms with Crippen LogP contribution in [0.3, 0.4) is 0 Å². The number of aliphatic carboxylic acids is 1. The zero-order chi connectivity index (χ0) is 10.6. The summed E-state index contributed by atoms with van der Waals surface area (Å²) >= 11 is 0. The zero-order valence-corrected chi connectivity index (χ0v) is 8.62. The Morgan fingerprint density at radius 3 is 2.79 bits per heavy atom. The standard InChI is InChI=1S/C11H18O3/c1-2-3-4-5-8-9(11(13)14)6-7-10(8)12/h8-9H,2-7H2,1H3,(H,13,14)/p-1. The molecule has 0 heterocycles. The van der Waals surface area contributed by atoms with E-state index in [4.69, 9.17) is 0 Å². The monoisotopic (exact) mass is 197 g/mol. The van der Waals surface area contributed by atoms with E-state index in [0.717, 1.165) is 25.7 Å². The average molecular weight is 197 g/mol. The van der Waals surface area contributed by atoms with Crippen molar-refractivity contribution in [3.8, 4) is 0 Å². The van der Waals surface area contributed by atoms with Crippen molar-refractivity contribution in [3.63, 3.8) is 0 Å². The molecule has 1 fully saturated rings. The summed E-state index contributed by atoms with van der Waals surface area (Å²) in [5.74, 6) is -1.70. The summed E-state index contributed by atoms with van der Waals surface area (Å²) in [6, 6.07) is 0. The second-order valence-electron chi connectivity index (χ2n) is 4.03. The van der Waals surface area contributed by atoms with E-state index < -0.39 is 11.9 Å². The Balaban J connectivity index is 2.45. The Hall–Kier alpha value is -0.860. The lowest BCUT2D eigenvalue weighted by Gasteiger charge is -2.18. The number of ketones is 1. The SMILES string of the molecule is CCCCCC1C(=O)CCC1C(=O)[O-]. The quantitative estimate of drug-likeness (QED) is 0.615. The van der Waals surface area contributed by atoms with E-state index in [1.807, 2.05) is 0 Å². The lowest BCUT2D eigenvalue weighted by atomic mass is 9.90. The van der Waals surface area contributed by atoms with Crippen molar-refractivity contribution in [2.45, 2.75) is 45.4 Å². The van der Waals surface area contributed by atoms with Gasteiger partial charge in [0.2, 0.25) is 0 Å². The minimum absolute atomic E-state index is 0.121. The fourth-order valence-electron chi connectivity index (χ4n) is 2.17. The van der Waals surface area contributed by atoms with Crippen LogP contribution in [0, 0.1) is 11.8 Å². The lowest BCUT2D eigenvalue weighted by molar-refractivity contribution is -0.312. The highest BCUT2D eigenvalue weighted by atomic mass is 16.4. The van der Waals surface area contributed by atoms with Crippen molar-refractivity contribution in [2.75, 3.05) is 0 Å². The molecular weight excluding hydrogens is 180 g/mol. The van der Waals surface area contributed by atoms with Crippen LogP contribution in [0.5, 0.6) is 0 Å². The number of Topliss-reactive ketones (excluding diaryl/α,β-unsaturated/α-hetero) is 1. The second kappa shape index (κ2) is 5.13. The molecule has 2 unspecified atom stereocenters. The molecule has 0 bridgehead atoms. The van der Waals surface area contributed by atoms with E-state index >= 15 is 0 Å². The van der Waals surface area contributed by atoms with Crippen molar-refractivity contribution in [1.82, 2.24) is 0 Å². The lowest BCUT2D eigenvalue weighted by Crippen LogP contribution is -2.34. The van der Waals surface area contributed by atoms with Crippen LogP contribution in [-0.2, 0) is 9.59 Å². The molecule has 3 nitrogen and oxygen atoms in total. The van der Waals surface area contributed by atoms with Crippen LogP contribution >= 0.6 is 0 Å². The van der Waals surface area contributed by atoms with E-state index in [-0.39, 0.29) is 11.7 Å². The third-order valence-corrected chi connectivity index (χ3v) is 3.02. The largest absolute Gasteiger partial charge is 0.550 e. The maximum atomic E-state index is 11.4. The summed E-state index contributed by atoms with van der Waals surface area (Å²) in [5, 5.41) is 10.7. The highest BCUT2D eigenvalue weighted by molar-refractivity contribution is 5.89. The first-order valence-corrected chi connectivity index (χ1v) is 5.40. The van der Waals surface area contributed by atoms with Gasteiger partial charge in [-0.2, -0.15) is 0 Å². The van der Waals surface area contributed by atoms with Crippen LogP contribution in [-0.4, -0.2) is 11.8 Å². The van der Waals surface area contributed by atoms with Crippen molar-refractivity contribution in [1.29, 1.82) is 0 Å². The third-order valence-electron chi connectivity index (χ3n) is 3.02. The molecule has 14 heavy (non-hydrogen) atoms. The number of carboxylic acids is 1. The van der Waals surface area contributed by atoms with Crippen LogP contribution in [0.4, 0.5) is 0 Å². The van der Waals surface area contributed by atoms with Gasteiger partial charge in [0, 0.05) is 24.2 Å². The Labute approximate surface area is 84.5 Å². The van der Waals surface area contributed by atoms with E-state index in [0.29, 0.717) is 12.8 Å². The van der Waals surface area contributed by atoms with Gasteiger partial charge in [0.25, 0.3) is 0 Å². The minimum atomic E-state index is -1.04. The van der Waals surface area contributed by atoms with Gasteiger partial charge in [-0.25, -0.2) is 0 Å². The van der Waals surface area contributed by atoms with Crippen LogP contribution < -0.4 is 5.11 Å². The second-order valence-corrected chi connectivity index (χ2v) is 4.03. The molecule has 1 saturated carbocycles. The molecule has 1 aliphatic rings. The molecule has 0 aromatic rings. The molecule has 0 radical (unpaired) electrons. The van der Waals surface area contributed by atoms with Gasteiger partial charge in [-0.1, -0.05) is 26.2 Å². The predicted molar refractivity (Wildman–Crippen MR) is 50.4 cm³/mol. The smallest absolute Gasteiger partial charge is 0.136 e. The number of hydrogen-bond donors (Lipinski definition) is 0. The van der Waals surface area contributed by atoms with Gasteiger partial charge in [-0.15, -0.1) is 0 Å². The summed E-state index contributed by atoms with van der Waals surface area (Å²) in [5.41, 5.74) is 0. The number of carboxylic acid groups (broad SMARTS) is 1. The van der Waals surface area contributed by atoms with Crippen molar-refractivity contribution >= 4 is 11.8 Å². The average Bonchev–Trinajstić information content (AvgIpc) is 2.48. The molecule has 3 heteroatoms. The van der Waals surface area contributed by atoms with Gasteiger partial charge in [0.1, 0.15) is 5.78 Å². The molecule has 2 atom stereocenters. The van der Waals surface area contributed by atoms with Crippen molar-refractivity contribution < 1.29 is 14.7 Å². The van der Waals surface area contributed by atoms with Crippen LogP contribution in [0.1, 0.15) is 45.4 Å². The number of unbranched alkanes of at least 4 members (excludes halogenated alkanes) is 2. The van der Waals surface area contributed by atoms with Gasteiger partial charge in [0.05, 0.1) is 0 Å². The topological polar surface area (TPSA) is 57.2 Å². The molecule has 0 amide bonds. The van der Waals surface area contributed by atoms with Crippen LogP contribution in [0.2, 0.25) is 0 Å². The summed E-state index contributed by atoms with van der Waals surface area (Å²) in [4.78, 5) is 22.1. The van der Waals surface area contributed by atoms with E-state index in [1.54, 1.807) is 0 Å². The molecule has 0 saturated heterocycles. The van der Waals surface area contributed by atoms with Crippen LogP contribution in [0.15, 0.2) is 0 Å². The Bertz CT molecular complexity index is 223.